The Morgan fingerprint density at radius 3 is 2.79 bits per heavy atom. The van der Waals surface area contributed by atoms with Crippen LogP contribution in [0.15, 0.2) is 47.5 Å². The zero-order chi connectivity index (χ0) is 19.9. The highest BCUT2D eigenvalue weighted by Gasteiger charge is 2.23. The lowest BCUT2D eigenvalue weighted by molar-refractivity contribution is -0.117. The molecule has 0 unspecified atom stereocenters. The number of hydrogen-bond acceptors (Lipinski definition) is 4. The first-order valence-electron chi connectivity index (χ1n) is 9.33. The minimum atomic E-state index is 0.0113. The monoisotopic (exact) mass is 382 g/mol. The standard InChI is InChI=1S/C21H26N4O3/c1-4-28-18-10-9-16(13-19(18)27-3)24-21(22-2)23-14-20(26)25-12-11-15-7-5-6-8-17(15)25/h5-10,13H,4,11-12,14H2,1-3H3,(H2,22,23,24). The van der Waals surface area contributed by atoms with Crippen LogP contribution in [0.3, 0.4) is 0 Å². The van der Waals surface area contributed by atoms with Gasteiger partial charge in [-0.05, 0) is 37.1 Å². The maximum Gasteiger partial charge on any atom is 0.246 e. The second kappa shape index (κ2) is 9.12. The van der Waals surface area contributed by atoms with Crippen molar-refractivity contribution in [2.45, 2.75) is 13.3 Å². The van der Waals surface area contributed by atoms with Crippen LogP contribution in [0.5, 0.6) is 11.5 Å². The van der Waals surface area contributed by atoms with Gasteiger partial charge in [0.1, 0.15) is 0 Å². The number of anilines is 2. The van der Waals surface area contributed by atoms with E-state index in [4.69, 9.17) is 9.47 Å². The van der Waals surface area contributed by atoms with Crippen molar-refractivity contribution < 1.29 is 14.3 Å². The molecule has 148 valence electrons. The number of aliphatic imine (C=N–C) groups is 1. The molecule has 1 aliphatic rings. The van der Waals surface area contributed by atoms with Gasteiger partial charge in [-0.3, -0.25) is 9.79 Å². The summed E-state index contributed by atoms with van der Waals surface area (Å²) in [4.78, 5) is 18.6. The molecule has 1 heterocycles. The SMILES string of the molecule is CCOc1ccc(NC(=NC)NCC(=O)N2CCc3ccccc32)cc1OC. The van der Waals surface area contributed by atoms with E-state index >= 15 is 0 Å². The number of carbonyl (C=O) groups is 1. The van der Waals surface area contributed by atoms with Gasteiger partial charge in [0, 0.05) is 31.0 Å². The lowest BCUT2D eigenvalue weighted by atomic mass is 10.2. The van der Waals surface area contributed by atoms with Gasteiger partial charge in [0.2, 0.25) is 5.91 Å². The molecule has 0 radical (unpaired) electrons. The van der Waals surface area contributed by atoms with Crippen LogP contribution in [0.25, 0.3) is 0 Å². The summed E-state index contributed by atoms with van der Waals surface area (Å²) in [6.45, 7) is 3.35. The van der Waals surface area contributed by atoms with Gasteiger partial charge in [0.05, 0.1) is 20.3 Å². The topological polar surface area (TPSA) is 75.2 Å². The van der Waals surface area contributed by atoms with Gasteiger partial charge < -0.3 is 25.0 Å². The lowest BCUT2D eigenvalue weighted by Gasteiger charge is -2.19. The number of nitrogens with one attached hydrogen (secondary N) is 2. The van der Waals surface area contributed by atoms with Crippen molar-refractivity contribution in [1.29, 1.82) is 0 Å². The van der Waals surface area contributed by atoms with E-state index in [-0.39, 0.29) is 12.5 Å². The molecule has 0 fully saturated rings. The average Bonchev–Trinajstić information content (AvgIpc) is 3.16. The van der Waals surface area contributed by atoms with Gasteiger partial charge >= 0.3 is 0 Å². The molecule has 0 atom stereocenters. The molecule has 1 aliphatic heterocycles. The fourth-order valence-corrected chi connectivity index (χ4v) is 3.19. The molecule has 7 nitrogen and oxygen atoms in total. The molecule has 3 rings (SSSR count). The Bertz CT molecular complexity index is 866. The van der Waals surface area contributed by atoms with Crippen LogP contribution in [-0.4, -0.2) is 45.7 Å². The number of amides is 1. The first-order valence-corrected chi connectivity index (χ1v) is 9.33. The van der Waals surface area contributed by atoms with Crippen molar-refractivity contribution >= 4 is 23.2 Å². The van der Waals surface area contributed by atoms with Gasteiger partial charge in [-0.25, -0.2) is 0 Å². The van der Waals surface area contributed by atoms with Crippen LogP contribution in [0.4, 0.5) is 11.4 Å². The highest BCUT2D eigenvalue weighted by Crippen LogP contribution is 2.30. The molecule has 0 saturated heterocycles. The molecule has 7 heteroatoms. The van der Waals surface area contributed by atoms with Crippen molar-refractivity contribution in [2.24, 2.45) is 4.99 Å². The number of methoxy groups -OCH3 is 1. The van der Waals surface area contributed by atoms with Crippen LogP contribution in [0.2, 0.25) is 0 Å². The Balaban J connectivity index is 1.60. The number of guanidine groups is 1. The van der Waals surface area contributed by atoms with Crippen molar-refractivity contribution in [2.75, 3.05) is 44.1 Å². The van der Waals surface area contributed by atoms with Gasteiger partial charge in [0.25, 0.3) is 0 Å². The molecule has 0 bridgehead atoms. The Morgan fingerprint density at radius 2 is 2.04 bits per heavy atom. The fourth-order valence-electron chi connectivity index (χ4n) is 3.19. The van der Waals surface area contributed by atoms with E-state index in [1.54, 1.807) is 14.2 Å². The van der Waals surface area contributed by atoms with Crippen LogP contribution < -0.4 is 25.0 Å². The largest absolute Gasteiger partial charge is 0.493 e. The van der Waals surface area contributed by atoms with Gasteiger partial charge in [-0.1, -0.05) is 18.2 Å². The number of benzene rings is 2. The number of hydrogen-bond donors (Lipinski definition) is 2. The van der Waals surface area contributed by atoms with Gasteiger partial charge in [-0.2, -0.15) is 0 Å². The first kappa shape index (κ1) is 19.5. The minimum Gasteiger partial charge on any atom is -0.493 e. The molecule has 0 aliphatic carbocycles. The van der Waals surface area contributed by atoms with E-state index < -0.39 is 0 Å². The Labute approximate surface area is 165 Å². The van der Waals surface area contributed by atoms with Crippen molar-refractivity contribution in [3.63, 3.8) is 0 Å². The van der Waals surface area contributed by atoms with Crippen LogP contribution >= 0.6 is 0 Å². The zero-order valence-electron chi connectivity index (χ0n) is 16.5. The molecule has 28 heavy (non-hydrogen) atoms. The third-order valence-electron chi connectivity index (χ3n) is 4.55. The van der Waals surface area contributed by atoms with Gasteiger partial charge in [-0.15, -0.1) is 0 Å². The number of fused-ring (bicyclic) bond motifs is 1. The van der Waals surface area contributed by atoms with E-state index in [2.05, 4.69) is 21.7 Å². The lowest BCUT2D eigenvalue weighted by Crippen LogP contribution is -2.41. The number of rotatable bonds is 6. The van der Waals surface area contributed by atoms with E-state index in [0.29, 0.717) is 30.6 Å². The summed E-state index contributed by atoms with van der Waals surface area (Å²) < 4.78 is 10.9. The summed E-state index contributed by atoms with van der Waals surface area (Å²) in [6, 6.07) is 13.6. The van der Waals surface area contributed by atoms with Crippen LogP contribution in [0, 0.1) is 0 Å². The summed E-state index contributed by atoms with van der Waals surface area (Å²) >= 11 is 0. The second-order valence-electron chi connectivity index (χ2n) is 6.27. The molecular formula is C21H26N4O3. The highest BCUT2D eigenvalue weighted by molar-refractivity contribution is 6.01. The highest BCUT2D eigenvalue weighted by atomic mass is 16.5. The molecule has 2 aromatic rings. The Morgan fingerprint density at radius 1 is 1.21 bits per heavy atom. The van der Waals surface area contributed by atoms with Crippen molar-refractivity contribution in [3.8, 4) is 11.5 Å². The van der Waals surface area contributed by atoms with Crippen LogP contribution in [0.1, 0.15) is 12.5 Å². The minimum absolute atomic E-state index is 0.0113. The van der Waals surface area contributed by atoms with Gasteiger partial charge in [0.15, 0.2) is 17.5 Å². The summed E-state index contributed by atoms with van der Waals surface area (Å²) in [5, 5.41) is 6.25. The molecule has 0 spiro atoms. The molecule has 2 N–H and O–H groups in total. The molecule has 0 aromatic heterocycles. The third-order valence-corrected chi connectivity index (χ3v) is 4.55. The quantitative estimate of drug-likeness (QED) is 0.593. The number of nitrogens with zero attached hydrogens (tertiary/aromatic N) is 2. The van der Waals surface area contributed by atoms with E-state index in [1.165, 1.54) is 5.56 Å². The second-order valence-corrected chi connectivity index (χ2v) is 6.27. The predicted octanol–water partition coefficient (Wildman–Crippen LogP) is 2.67. The normalized spacial score (nSPS) is 13.1. The maximum absolute atomic E-state index is 12.6. The molecule has 2 aromatic carbocycles. The van der Waals surface area contributed by atoms with Crippen molar-refractivity contribution in [3.05, 3.63) is 48.0 Å². The fraction of sp³-hybridized carbons (Fsp3) is 0.333. The number of carbonyl (C=O) groups excluding carboxylic acids is 1. The molecule has 0 saturated carbocycles. The average molecular weight is 382 g/mol. The first-order chi connectivity index (χ1) is 13.7. The van der Waals surface area contributed by atoms with Crippen molar-refractivity contribution in [1.82, 2.24) is 5.32 Å². The maximum atomic E-state index is 12.6. The Hall–Kier alpha value is -3.22. The summed E-state index contributed by atoms with van der Waals surface area (Å²) in [5.74, 6) is 1.83. The van der Waals surface area contributed by atoms with E-state index in [1.807, 2.05) is 48.2 Å². The third kappa shape index (κ3) is 4.36. The van der Waals surface area contributed by atoms with E-state index in [0.717, 1.165) is 17.8 Å². The number of para-hydroxylation sites is 1. The zero-order valence-corrected chi connectivity index (χ0v) is 16.5. The summed E-state index contributed by atoms with van der Waals surface area (Å²) in [5.41, 5.74) is 2.99. The summed E-state index contributed by atoms with van der Waals surface area (Å²) in [6.07, 6.45) is 0.890. The molecule has 1 amide bonds. The molecular weight excluding hydrogens is 356 g/mol. The predicted molar refractivity (Wildman–Crippen MR) is 112 cm³/mol. The smallest absolute Gasteiger partial charge is 0.246 e. The van der Waals surface area contributed by atoms with Crippen LogP contribution in [-0.2, 0) is 11.2 Å². The number of ether oxygens (including phenoxy) is 2. The van der Waals surface area contributed by atoms with E-state index in [9.17, 15) is 4.79 Å². The summed E-state index contributed by atoms with van der Waals surface area (Å²) in [7, 11) is 3.26. The Kier molecular flexibility index (Phi) is 6.37.